The molecule has 0 N–H and O–H groups in total. The number of fused-ring (bicyclic) bond motifs is 1. The Morgan fingerprint density at radius 3 is 1.92 bits per heavy atom. The summed E-state index contributed by atoms with van der Waals surface area (Å²) in [5.74, 6) is -0.122. The molecule has 0 saturated heterocycles. The van der Waals surface area contributed by atoms with Crippen LogP contribution in [0, 0.1) is 41.1 Å². The fourth-order valence-corrected chi connectivity index (χ4v) is 5.14. The van der Waals surface area contributed by atoms with Gasteiger partial charge in [-0.25, -0.2) is 13.2 Å². The van der Waals surface area contributed by atoms with Crippen molar-refractivity contribution in [2.45, 2.75) is 71.1 Å². The lowest BCUT2D eigenvalue weighted by Gasteiger charge is -2.42. The first-order chi connectivity index (χ1) is 11.6. The van der Waals surface area contributed by atoms with Crippen molar-refractivity contribution in [3.63, 3.8) is 0 Å². The summed E-state index contributed by atoms with van der Waals surface area (Å²) in [5.41, 5.74) is 0.583. The Morgan fingerprint density at radius 1 is 0.833 bits per heavy atom. The van der Waals surface area contributed by atoms with E-state index in [0.29, 0.717) is 17.9 Å². The molecule has 1 aromatic carbocycles. The first-order valence-electron chi connectivity index (χ1n) is 9.70. The number of hydrogen-bond donors (Lipinski definition) is 0. The van der Waals surface area contributed by atoms with Crippen molar-refractivity contribution < 1.29 is 13.2 Å². The lowest BCUT2D eigenvalue weighted by Crippen LogP contribution is -2.31. The Labute approximate surface area is 143 Å². The van der Waals surface area contributed by atoms with Gasteiger partial charge < -0.3 is 0 Å². The molecule has 0 amide bonds. The molecule has 2 saturated carbocycles. The first kappa shape index (κ1) is 17.8. The number of hydrogen-bond acceptors (Lipinski definition) is 0. The molecule has 2 aliphatic rings. The molecule has 0 aromatic heterocycles. The van der Waals surface area contributed by atoms with Crippen molar-refractivity contribution in [1.29, 1.82) is 0 Å². The SMILES string of the molecule is CCCC1CCC2C[C@H](CCc3cc(F)c(F)c(F)c3)CC[C@@H]2C1. The lowest BCUT2D eigenvalue weighted by molar-refractivity contribution is 0.0921. The minimum atomic E-state index is -1.36. The molecule has 3 rings (SSSR count). The molecular formula is C21H29F3. The highest BCUT2D eigenvalue weighted by Gasteiger charge is 2.35. The summed E-state index contributed by atoms with van der Waals surface area (Å²) in [6.07, 6.45) is 12.3. The monoisotopic (exact) mass is 338 g/mol. The second-order valence-corrected chi connectivity index (χ2v) is 8.08. The molecule has 4 atom stereocenters. The third kappa shape index (κ3) is 4.15. The van der Waals surface area contributed by atoms with Crippen molar-refractivity contribution in [2.24, 2.45) is 23.7 Å². The van der Waals surface area contributed by atoms with Gasteiger partial charge in [-0.1, -0.05) is 32.6 Å². The molecule has 0 radical (unpaired) electrons. The summed E-state index contributed by atoms with van der Waals surface area (Å²) in [5, 5.41) is 0. The summed E-state index contributed by atoms with van der Waals surface area (Å²) >= 11 is 0. The zero-order chi connectivity index (χ0) is 17.1. The second-order valence-electron chi connectivity index (χ2n) is 8.08. The highest BCUT2D eigenvalue weighted by molar-refractivity contribution is 5.19. The second kappa shape index (κ2) is 7.93. The van der Waals surface area contributed by atoms with E-state index in [1.807, 2.05) is 0 Å². The molecule has 2 fully saturated rings. The van der Waals surface area contributed by atoms with Gasteiger partial charge in [0.25, 0.3) is 0 Å². The van der Waals surface area contributed by atoms with Crippen molar-refractivity contribution in [3.05, 3.63) is 35.1 Å². The van der Waals surface area contributed by atoms with Crippen LogP contribution in [0.1, 0.15) is 70.3 Å². The van der Waals surface area contributed by atoms with Gasteiger partial charge in [-0.2, -0.15) is 0 Å². The van der Waals surface area contributed by atoms with E-state index < -0.39 is 17.5 Å². The predicted octanol–water partition coefficient (Wildman–Crippen LogP) is 6.67. The minimum absolute atomic E-state index is 0.583. The Hall–Kier alpha value is -0.990. The van der Waals surface area contributed by atoms with Crippen LogP contribution < -0.4 is 0 Å². The molecular weight excluding hydrogens is 309 g/mol. The van der Waals surface area contributed by atoms with Gasteiger partial charge in [-0.3, -0.25) is 0 Å². The van der Waals surface area contributed by atoms with Crippen LogP contribution in [0.2, 0.25) is 0 Å². The van der Waals surface area contributed by atoms with Gasteiger partial charge in [0.1, 0.15) is 0 Å². The largest absolute Gasteiger partial charge is 0.204 e. The van der Waals surface area contributed by atoms with E-state index in [-0.39, 0.29) is 0 Å². The lowest BCUT2D eigenvalue weighted by atomic mass is 9.63. The quantitative estimate of drug-likeness (QED) is 0.526. The van der Waals surface area contributed by atoms with Crippen molar-refractivity contribution in [3.8, 4) is 0 Å². The molecule has 1 aromatic rings. The number of benzene rings is 1. The van der Waals surface area contributed by atoms with E-state index in [1.54, 1.807) is 0 Å². The number of halogens is 3. The summed E-state index contributed by atoms with van der Waals surface area (Å²) in [4.78, 5) is 0. The third-order valence-electron chi connectivity index (χ3n) is 6.41. The van der Waals surface area contributed by atoms with Crippen LogP contribution in [0.25, 0.3) is 0 Å². The Kier molecular flexibility index (Phi) is 5.89. The molecule has 0 bridgehead atoms. The normalized spacial score (nSPS) is 30.2. The van der Waals surface area contributed by atoms with Gasteiger partial charge >= 0.3 is 0 Å². The van der Waals surface area contributed by atoms with E-state index in [1.165, 1.54) is 51.4 Å². The van der Waals surface area contributed by atoms with Gasteiger partial charge in [0.2, 0.25) is 0 Å². The highest BCUT2D eigenvalue weighted by atomic mass is 19.2. The fourth-order valence-electron chi connectivity index (χ4n) is 5.14. The smallest absolute Gasteiger partial charge is 0.194 e. The average molecular weight is 338 g/mol. The molecule has 2 aliphatic carbocycles. The number of rotatable bonds is 5. The van der Waals surface area contributed by atoms with E-state index in [9.17, 15) is 13.2 Å². The Morgan fingerprint density at radius 2 is 1.38 bits per heavy atom. The minimum Gasteiger partial charge on any atom is -0.204 e. The van der Waals surface area contributed by atoms with E-state index in [0.717, 1.165) is 36.3 Å². The van der Waals surface area contributed by atoms with Crippen LogP contribution >= 0.6 is 0 Å². The summed E-state index contributed by atoms with van der Waals surface area (Å²) < 4.78 is 39.7. The summed E-state index contributed by atoms with van der Waals surface area (Å²) in [6, 6.07) is 2.31. The topological polar surface area (TPSA) is 0 Å². The van der Waals surface area contributed by atoms with Gasteiger partial charge in [0.15, 0.2) is 17.5 Å². The molecule has 2 unspecified atom stereocenters. The van der Waals surface area contributed by atoms with E-state index in [2.05, 4.69) is 6.92 Å². The van der Waals surface area contributed by atoms with E-state index in [4.69, 9.17) is 0 Å². The van der Waals surface area contributed by atoms with Crippen LogP contribution in [0.4, 0.5) is 13.2 Å². The molecule has 3 heteroatoms. The van der Waals surface area contributed by atoms with Crippen molar-refractivity contribution in [2.75, 3.05) is 0 Å². The van der Waals surface area contributed by atoms with Crippen LogP contribution in [0.15, 0.2) is 12.1 Å². The molecule has 134 valence electrons. The molecule has 0 heterocycles. The fraction of sp³-hybridized carbons (Fsp3) is 0.714. The van der Waals surface area contributed by atoms with Crippen molar-refractivity contribution >= 4 is 0 Å². The maximum absolute atomic E-state index is 13.3. The third-order valence-corrected chi connectivity index (χ3v) is 6.41. The maximum atomic E-state index is 13.3. The maximum Gasteiger partial charge on any atom is 0.194 e. The molecule has 24 heavy (non-hydrogen) atoms. The highest BCUT2D eigenvalue weighted by Crippen LogP contribution is 2.46. The van der Waals surface area contributed by atoms with Crippen LogP contribution in [-0.2, 0) is 6.42 Å². The van der Waals surface area contributed by atoms with Crippen molar-refractivity contribution in [1.82, 2.24) is 0 Å². The van der Waals surface area contributed by atoms with Crippen LogP contribution in [0.3, 0.4) is 0 Å². The first-order valence-corrected chi connectivity index (χ1v) is 9.70. The summed E-state index contributed by atoms with van der Waals surface area (Å²) in [7, 11) is 0. The zero-order valence-electron chi connectivity index (χ0n) is 14.7. The van der Waals surface area contributed by atoms with Gasteiger partial charge in [-0.05, 0) is 79.9 Å². The Balaban J connectivity index is 1.50. The molecule has 0 spiro atoms. The number of aryl methyl sites for hydroxylation is 1. The molecule has 0 nitrogen and oxygen atoms in total. The molecule has 0 aliphatic heterocycles. The zero-order valence-corrected chi connectivity index (χ0v) is 14.7. The standard InChI is InChI=1S/C21H29F3/c1-2-3-14-6-8-18-11-15(7-9-17(18)10-14)4-5-16-12-19(22)21(24)20(23)13-16/h12-15,17-18H,2-11H2,1H3/t14?,15-,17-,18?/m1/s1. The van der Waals surface area contributed by atoms with Crippen LogP contribution in [0.5, 0.6) is 0 Å². The van der Waals surface area contributed by atoms with Gasteiger partial charge in [0, 0.05) is 0 Å². The van der Waals surface area contributed by atoms with E-state index >= 15 is 0 Å². The predicted molar refractivity (Wildman–Crippen MR) is 91.2 cm³/mol. The average Bonchev–Trinajstić information content (AvgIpc) is 2.58. The summed E-state index contributed by atoms with van der Waals surface area (Å²) in [6.45, 7) is 2.28. The van der Waals surface area contributed by atoms with Gasteiger partial charge in [-0.15, -0.1) is 0 Å². The van der Waals surface area contributed by atoms with Crippen LogP contribution in [-0.4, -0.2) is 0 Å². The Bertz CT molecular complexity index is 531. The van der Waals surface area contributed by atoms with Gasteiger partial charge in [0.05, 0.1) is 0 Å².